The van der Waals surface area contributed by atoms with Gasteiger partial charge in [0.05, 0.1) is 10.7 Å². The van der Waals surface area contributed by atoms with E-state index in [0.29, 0.717) is 22.9 Å². The van der Waals surface area contributed by atoms with Gasteiger partial charge in [-0.1, -0.05) is 42.8 Å². The number of hydrogen-bond acceptors (Lipinski definition) is 2. The zero-order chi connectivity index (χ0) is 15.2. The number of nitrogens with one attached hydrogen (secondary N) is 1. The predicted molar refractivity (Wildman–Crippen MR) is 86.0 cm³/mol. The molecular weight excluding hydrogens is 286 g/mol. The molecule has 0 spiro atoms. The quantitative estimate of drug-likeness (QED) is 0.886. The van der Waals surface area contributed by atoms with E-state index in [1.807, 2.05) is 50.2 Å². The molecule has 0 aliphatic carbocycles. The Labute approximate surface area is 129 Å². The molecule has 0 bridgehead atoms. The predicted octanol–water partition coefficient (Wildman–Crippen LogP) is 4.44. The van der Waals surface area contributed by atoms with Crippen LogP contribution >= 0.6 is 11.6 Å². The lowest BCUT2D eigenvalue weighted by Gasteiger charge is -2.18. The van der Waals surface area contributed by atoms with E-state index < -0.39 is 6.10 Å². The third-order valence-electron chi connectivity index (χ3n) is 3.06. The Morgan fingerprint density at radius 1 is 1.24 bits per heavy atom. The standard InChI is InChI=1S/C17H18ClNO2/c1-3-16(21-13-8-6-7-12(2)11-13)17(20)19-15-10-5-4-9-14(15)18/h4-11,16H,3H2,1-2H3,(H,19,20). The van der Waals surface area contributed by atoms with Gasteiger partial charge in [0.15, 0.2) is 6.10 Å². The molecule has 2 aromatic rings. The molecule has 3 nitrogen and oxygen atoms in total. The van der Waals surface area contributed by atoms with Crippen LogP contribution in [0.3, 0.4) is 0 Å². The molecule has 0 saturated heterocycles. The average Bonchev–Trinajstić information content (AvgIpc) is 2.47. The van der Waals surface area contributed by atoms with Crippen LogP contribution in [0.25, 0.3) is 0 Å². The van der Waals surface area contributed by atoms with Crippen molar-refractivity contribution < 1.29 is 9.53 Å². The van der Waals surface area contributed by atoms with Crippen LogP contribution in [0, 0.1) is 6.92 Å². The number of aryl methyl sites for hydroxylation is 1. The molecule has 2 aromatic carbocycles. The lowest BCUT2D eigenvalue weighted by molar-refractivity contribution is -0.122. The normalized spacial score (nSPS) is 11.8. The number of hydrogen-bond donors (Lipinski definition) is 1. The van der Waals surface area contributed by atoms with E-state index in [4.69, 9.17) is 16.3 Å². The van der Waals surface area contributed by atoms with Crippen LogP contribution < -0.4 is 10.1 Å². The van der Waals surface area contributed by atoms with Crippen LogP contribution in [0.4, 0.5) is 5.69 Å². The van der Waals surface area contributed by atoms with Gasteiger partial charge >= 0.3 is 0 Å². The van der Waals surface area contributed by atoms with Crippen molar-refractivity contribution >= 4 is 23.2 Å². The third-order valence-corrected chi connectivity index (χ3v) is 3.39. The largest absolute Gasteiger partial charge is 0.481 e. The van der Waals surface area contributed by atoms with Gasteiger partial charge in [-0.25, -0.2) is 0 Å². The summed E-state index contributed by atoms with van der Waals surface area (Å²) in [4.78, 5) is 12.3. The van der Waals surface area contributed by atoms with E-state index in [0.717, 1.165) is 5.56 Å². The lowest BCUT2D eigenvalue weighted by Crippen LogP contribution is -2.32. The molecule has 1 N–H and O–H groups in total. The SMILES string of the molecule is CCC(Oc1cccc(C)c1)C(=O)Nc1ccccc1Cl. The molecule has 0 aliphatic rings. The van der Waals surface area contributed by atoms with Gasteiger partial charge in [-0.15, -0.1) is 0 Å². The monoisotopic (exact) mass is 303 g/mol. The van der Waals surface area contributed by atoms with Crippen LogP contribution in [0.5, 0.6) is 5.75 Å². The fraction of sp³-hybridized carbons (Fsp3) is 0.235. The lowest BCUT2D eigenvalue weighted by atomic mass is 10.2. The summed E-state index contributed by atoms with van der Waals surface area (Å²) in [6.07, 6.45) is 0.0209. The van der Waals surface area contributed by atoms with Crippen molar-refractivity contribution in [2.45, 2.75) is 26.4 Å². The van der Waals surface area contributed by atoms with Gasteiger partial charge in [-0.3, -0.25) is 4.79 Å². The second-order valence-electron chi connectivity index (χ2n) is 4.80. The summed E-state index contributed by atoms with van der Waals surface area (Å²) >= 11 is 6.04. The van der Waals surface area contributed by atoms with E-state index in [-0.39, 0.29) is 5.91 Å². The number of ether oxygens (including phenoxy) is 1. The van der Waals surface area contributed by atoms with Gasteiger partial charge in [-0.05, 0) is 43.2 Å². The van der Waals surface area contributed by atoms with E-state index in [1.54, 1.807) is 12.1 Å². The minimum atomic E-state index is -0.553. The summed E-state index contributed by atoms with van der Waals surface area (Å²) in [5, 5.41) is 3.31. The molecule has 0 heterocycles. The summed E-state index contributed by atoms with van der Waals surface area (Å²) in [6.45, 7) is 3.89. The van der Waals surface area contributed by atoms with Crippen LogP contribution in [-0.2, 0) is 4.79 Å². The van der Waals surface area contributed by atoms with Crippen LogP contribution in [0.1, 0.15) is 18.9 Å². The summed E-state index contributed by atoms with van der Waals surface area (Å²) in [7, 11) is 0. The molecule has 110 valence electrons. The Hall–Kier alpha value is -2.00. The first-order valence-electron chi connectivity index (χ1n) is 6.89. The first-order chi connectivity index (χ1) is 10.1. The average molecular weight is 304 g/mol. The molecule has 0 fully saturated rings. The molecule has 0 aliphatic heterocycles. The molecule has 1 atom stereocenters. The Kier molecular flexibility index (Phi) is 5.23. The minimum absolute atomic E-state index is 0.202. The number of halogens is 1. The van der Waals surface area contributed by atoms with Gasteiger partial charge in [0.2, 0.25) is 0 Å². The van der Waals surface area contributed by atoms with Crippen molar-refractivity contribution in [1.29, 1.82) is 0 Å². The Bertz CT molecular complexity index is 628. The highest BCUT2D eigenvalue weighted by molar-refractivity contribution is 6.33. The van der Waals surface area contributed by atoms with Crippen molar-refractivity contribution in [3.05, 3.63) is 59.1 Å². The number of anilines is 1. The summed E-state index contributed by atoms with van der Waals surface area (Å²) in [6, 6.07) is 14.8. The first-order valence-corrected chi connectivity index (χ1v) is 7.26. The van der Waals surface area contributed by atoms with E-state index >= 15 is 0 Å². The van der Waals surface area contributed by atoms with E-state index in [9.17, 15) is 4.79 Å². The second kappa shape index (κ2) is 7.14. The van der Waals surface area contributed by atoms with Crippen molar-refractivity contribution in [2.75, 3.05) is 5.32 Å². The summed E-state index contributed by atoms with van der Waals surface area (Å²) < 4.78 is 5.76. The van der Waals surface area contributed by atoms with E-state index in [2.05, 4.69) is 5.32 Å². The molecule has 1 unspecified atom stereocenters. The van der Waals surface area contributed by atoms with Gasteiger partial charge < -0.3 is 10.1 Å². The van der Waals surface area contributed by atoms with Gasteiger partial charge in [-0.2, -0.15) is 0 Å². The number of para-hydroxylation sites is 1. The smallest absolute Gasteiger partial charge is 0.265 e. The highest BCUT2D eigenvalue weighted by Gasteiger charge is 2.19. The van der Waals surface area contributed by atoms with Gasteiger partial charge in [0.25, 0.3) is 5.91 Å². The zero-order valence-corrected chi connectivity index (χ0v) is 12.9. The molecule has 21 heavy (non-hydrogen) atoms. The van der Waals surface area contributed by atoms with Crippen molar-refractivity contribution in [3.63, 3.8) is 0 Å². The second-order valence-corrected chi connectivity index (χ2v) is 5.21. The number of carbonyl (C=O) groups excluding carboxylic acids is 1. The first kappa shape index (κ1) is 15.4. The molecule has 2 rings (SSSR count). The molecular formula is C17H18ClNO2. The Morgan fingerprint density at radius 3 is 2.67 bits per heavy atom. The Morgan fingerprint density at radius 2 is 2.00 bits per heavy atom. The number of carbonyl (C=O) groups is 1. The molecule has 1 amide bonds. The Balaban J connectivity index is 2.07. The molecule has 0 saturated carbocycles. The highest BCUT2D eigenvalue weighted by atomic mass is 35.5. The molecule has 0 radical (unpaired) electrons. The fourth-order valence-corrected chi connectivity index (χ4v) is 2.13. The van der Waals surface area contributed by atoms with Crippen molar-refractivity contribution in [3.8, 4) is 5.75 Å². The van der Waals surface area contributed by atoms with Gasteiger partial charge in [0.1, 0.15) is 5.75 Å². The van der Waals surface area contributed by atoms with Crippen molar-refractivity contribution in [2.24, 2.45) is 0 Å². The minimum Gasteiger partial charge on any atom is -0.481 e. The molecule has 0 aromatic heterocycles. The number of rotatable bonds is 5. The summed E-state index contributed by atoms with van der Waals surface area (Å²) in [5.74, 6) is 0.489. The van der Waals surface area contributed by atoms with Crippen LogP contribution in [0.15, 0.2) is 48.5 Å². The maximum absolute atomic E-state index is 12.3. The zero-order valence-electron chi connectivity index (χ0n) is 12.1. The third kappa shape index (κ3) is 4.23. The highest BCUT2D eigenvalue weighted by Crippen LogP contribution is 2.22. The topological polar surface area (TPSA) is 38.3 Å². The van der Waals surface area contributed by atoms with Gasteiger partial charge in [0, 0.05) is 0 Å². The van der Waals surface area contributed by atoms with Crippen molar-refractivity contribution in [1.82, 2.24) is 0 Å². The number of benzene rings is 2. The maximum Gasteiger partial charge on any atom is 0.265 e. The summed E-state index contributed by atoms with van der Waals surface area (Å²) in [5.41, 5.74) is 1.68. The molecule has 4 heteroatoms. The fourth-order valence-electron chi connectivity index (χ4n) is 1.95. The maximum atomic E-state index is 12.3. The number of amides is 1. The van der Waals surface area contributed by atoms with Crippen LogP contribution in [0.2, 0.25) is 5.02 Å². The van der Waals surface area contributed by atoms with Crippen LogP contribution in [-0.4, -0.2) is 12.0 Å². The van der Waals surface area contributed by atoms with E-state index in [1.165, 1.54) is 0 Å².